The zero-order valence-electron chi connectivity index (χ0n) is 9.55. The van der Waals surface area contributed by atoms with Crippen LogP contribution in [-0.2, 0) is 4.79 Å². The predicted molar refractivity (Wildman–Crippen MR) is 61.3 cm³/mol. The van der Waals surface area contributed by atoms with Gasteiger partial charge < -0.3 is 10.4 Å². The minimum Gasteiger partial charge on any atom is -0.481 e. The molecule has 90 valence electrons. The van der Waals surface area contributed by atoms with Gasteiger partial charge in [-0.15, -0.1) is 0 Å². The van der Waals surface area contributed by atoms with Crippen molar-refractivity contribution in [3.63, 3.8) is 0 Å². The summed E-state index contributed by atoms with van der Waals surface area (Å²) in [4.78, 5) is 18.7. The molecule has 17 heavy (non-hydrogen) atoms. The Morgan fingerprint density at radius 1 is 1.59 bits per heavy atom. The summed E-state index contributed by atoms with van der Waals surface area (Å²) in [6.45, 7) is 2.18. The van der Waals surface area contributed by atoms with Crippen LogP contribution in [-0.4, -0.2) is 27.6 Å². The smallest absolute Gasteiger partial charge is 0.308 e. The summed E-state index contributed by atoms with van der Waals surface area (Å²) in [7, 11) is 0. The van der Waals surface area contributed by atoms with Gasteiger partial charge in [0.2, 0.25) is 0 Å². The van der Waals surface area contributed by atoms with E-state index in [0.717, 1.165) is 6.42 Å². The second-order valence-corrected chi connectivity index (χ2v) is 3.57. The minimum atomic E-state index is -0.846. The van der Waals surface area contributed by atoms with E-state index in [4.69, 9.17) is 10.4 Å². The third-order valence-electron chi connectivity index (χ3n) is 2.31. The summed E-state index contributed by atoms with van der Waals surface area (Å²) < 4.78 is 0. The van der Waals surface area contributed by atoms with E-state index in [1.54, 1.807) is 0 Å². The Morgan fingerprint density at radius 3 is 2.88 bits per heavy atom. The lowest BCUT2D eigenvalue weighted by atomic mass is 10.0. The highest BCUT2D eigenvalue weighted by Crippen LogP contribution is 2.11. The average Bonchev–Trinajstić information content (AvgIpc) is 2.34. The number of nitrogens with zero attached hydrogens (tertiary/aromatic N) is 3. The fraction of sp³-hybridized carbons (Fsp3) is 0.455. The van der Waals surface area contributed by atoms with Crippen LogP contribution in [0.5, 0.6) is 0 Å². The predicted octanol–water partition coefficient (Wildman–Crippen LogP) is 1.26. The first-order valence-electron chi connectivity index (χ1n) is 5.36. The number of aliphatic carboxylic acids is 1. The summed E-state index contributed by atoms with van der Waals surface area (Å²) in [6.07, 6.45) is 4.26. The van der Waals surface area contributed by atoms with Crippen molar-refractivity contribution in [2.45, 2.75) is 19.8 Å². The van der Waals surface area contributed by atoms with Crippen molar-refractivity contribution in [3.05, 3.63) is 18.1 Å². The van der Waals surface area contributed by atoms with Gasteiger partial charge in [-0.2, -0.15) is 5.26 Å². The molecule has 0 aromatic carbocycles. The fourth-order valence-electron chi connectivity index (χ4n) is 1.43. The average molecular weight is 234 g/mol. The lowest BCUT2D eigenvalue weighted by Gasteiger charge is -2.12. The van der Waals surface area contributed by atoms with Crippen molar-refractivity contribution in [1.29, 1.82) is 5.26 Å². The molecule has 0 aliphatic carbocycles. The minimum absolute atomic E-state index is 0.174. The van der Waals surface area contributed by atoms with Crippen LogP contribution in [0.15, 0.2) is 12.4 Å². The molecule has 6 nitrogen and oxygen atoms in total. The molecule has 0 bridgehead atoms. The number of rotatable bonds is 6. The number of nitriles is 1. The van der Waals surface area contributed by atoms with E-state index >= 15 is 0 Å². The number of carboxylic acids is 1. The first-order chi connectivity index (χ1) is 8.19. The molecular weight excluding hydrogens is 220 g/mol. The van der Waals surface area contributed by atoms with Gasteiger partial charge in [0, 0.05) is 18.9 Å². The molecule has 1 heterocycles. The van der Waals surface area contributed by atoms with Crippen LogP contribution in [0.2, 0.25) is 0 Å². The van der Waals surface area contributed by atoms with E-state index < -0.39 is 11.9 Å². The Labute approximate surface area is 99.3 Å². The molecule has 0 amide bonds. The van der Waals surface area contributed by atoms with Gasteiger partial charge >= 0.3 is 5.97 Å². The van der Waals surface area contributed by atoms with E-state index in [-0.39, 0.29) is 12.2 Å². The normalized spacial score (nSPS) is 11.5. The van der Waals surface area contributed by atoms with Crippen LogP contribution in [0.4, 0.5) is 5.82 Å². The maximum absolute atomic E-state index is 10.9. The summed E-state index contributed by atoms with van der Waals surface area (Å²) >= 11 is 0. The van der Waals surface area contributed by atoms with Crippen LogP contribution >= 0.6 is 0 Å². The quantitative estimate of drug-likeness (QED) is 0.768. The van der Waals surface area contributed by atoms with Crippen LogP contribution in [0.25, 0.3) is 0 Å². The molecule has 1 rings (SSSR count). The van der Waals surface area contributed by atoms with Crippen LogP contribution < -0.4 is 5.32 Å². The first kappa shape index (κ1) is 12.9. The molecule has 0 saturated carbocycles. The maximum Gasteiger partial charge on any atom is 0.308 e. The highest BCUT2D eigenvalue weighted by atomic mass is 16.4. The molecule has 0 fully saturated rings. The summed E-state index contributed by atoms with van der Waals surface area (Å²) in [5.74, 6) is -0.993. The van der Waals surface area contributed by atoms with E-state index in [9.17, 15) is 4.79 Å². The van der Waals surface area contributed by atoms with Crippen molar-refractivity contribution >= 4 is 11.8 Å². The molecule has 6 heteroatoms. The van der Waals surface area contributed by atoms with Crippen molar-refractivity contribution in [2.75, 3.05) is 11.9 Å². The lowest BCUT2D eigenvalue weighted by molar-refractivity contribution is -0.141. The molecular formula is C11H14N4O2. The van der Waals surface area contributed by atoms with Gasteiger partial charge in [0.1, 0.15) is 6.07 Å². The molecule has 0 aliphatic rings. The summed E-state index contributed by atoms with van der Waals surface area (Å²) in [6, 6.07) is 1.90. The lowest BCUT2D eigenvalue weighted by Crippen LogP contribution is -2.23. The first-order valence-corrected chi connectivity index (χ1v) is 5.36. The Morgan fingerprint density at radius 2 is 2.29 bits per heavy atom. The molecule has 1 aromatic rings. The second kappa shape index (κ2) is 6.43. The molecule has 1 unspecified atom stereocenters. The number of carboxylic acid groups (broad SMARTS) is 1. The second-order valence-electron chi connectivity index (χ2n) is 3.57. The Balaban J connectivity index is 2.65. The Hall–Kier alpha value is -2.16. The van der Waals surface area contributed by atoms with Gasteiger partial charge in [0.15, 0.2) is 11.5 Å². The van der Waals surface area contributed by atoms with Gasteiger partial charge in [0.05, 0.1) is 5.92 Å². The molecule has 2 N–H and O–H groups in total. The molecule has 0 spiro atoms. The van der Waals surface area contributed by atoms with Crippen LogP contribution in [0.1, 0.15) is 25.5 Å². The van der Waals surface area contributed by atoms with E-state index in [1.165, 1.54) is 12.4 Å². The van der Waals surface area contributed by atoms with E-state index in [1.807, 2.05) is 13.0 Å². The Bertz CT molecular complexity index is 428. The summed E-state index contributed by atoms with van der Waals surface area (Å²) in [5.41, 5.74) is 0.174. The number of hydrogen-bond donors (Lipinski definition) is 2. The van der Waals surface area contributed by atoms with Gasteiger partial charge in [-0.1, -0.05) is 13.3 Å². The third kappa shape index (κ3) is 3.72. The molecule has 0 saturated heterocycles. The highest BCUT2D eigenvalue weighted by molar-refractivity contribution is 5.70. The molecule has 1 atom stereocenters. The zero-order chi connectivity index (χ0) is 12.7. The van der Waals surface area contributed by atoms with Crippen molar-refractivity contribution in [2.24, 2.45) is 5.92 Å². The number of aromatic nitrogens is 2. The summed E-state index contributed by atoms with van der Waals surface area (Å²) in [5, 5.41) is 20.6. The van der Waals surface area contributed by atoms with Crippen molar-refractivity contribution in [1.82, 2.24) is 9.97 Å². The standard InChI is InChI=1S/C11H14N4O2/c1-2-3-8(11(16)17)7-15-10-9(6-12)13-4-5-14-10/h4-5,8H,2-3,7H2,1H3,(H,14,15)(H,16,17). The van der Waals surface area contributed by atoms with E-state index in [0.29, 0.717) is 12.2 Å². The zero-order valence-corrected chi connectivity index (χ0v) is 9.55. The van der Waals surface area contributed by atoms with Gasteiger partial charge in [-0.25, -0.2) is 9.97 Å². The molecule has 0 aliphatic heterocycles. The molecule has 1 aromatic heterocycles. The molecule has 0 radical (unpaired) electrons. The fourth-order valence-corrected chi connectivity index (χ4v) is 1.43. The van der Waals surface area contributed by atoms with Crippen LogP contribution in [0.3, 0.4) is 0 Å². The third-order valence-corrected chi connectivity index (χ3v) is 2.31. The van der Waals surface area contributed by atoms with Crippen molar-refractivity contribution in [3.8, 4) is 6.07 Å². The van der Waals surface area contributed by atoms with E-state index in [2.05, 4.69) is 15.3 Å². The number of anilines is 1. The largest absolute Gasteiger partial charge is 0.481 e. The van der Waals surface area contributed by atoms with Gasteiger partial charge in [-0.05, 0) is 6.42 Å². The Kier molecular flexibility index (Phi) is 4.88. The van der Waals surface area contributed by atoms with Gasteiger partial charge in [-0.3, -0.25) is 4.79 Å². The monoisotopic (exact) mass is 234 g/mol. The van der Waals surface area contributed by atoms with Gasteiger partial charge in [0.25, 0.3) is 0 Å². The van der Waals surface area contributed by atoms with Crippen molar-refractivity contribution < 1.29 is 9.90 Å². The maximum atomic E-state index is 10.9. The number of nitrogens with one attached hydrogen (secondary N) is 1. The topological polar surface area (TPSA) is 98.9 Å². The highest BCUT2D eigenvalue weighted by Gasteiger charge is 2.16. The SMILES string of the molecule is CCCC(CNc1nccnc1C#N)C(=O)O. The van der Waals surface area contributed by atoms with Crippen LogP contribution in [0, 0.1) is 17.2 Å². The number of hydrogen-bond acceptors (Lipinski definition) is 5. The number of carbonyl (C=O) groups is 1.